The van der Waals surface area contributed by atoms with E-state index in [2.05, 4.69) is 31.6 Å². The van der Waals surface area contributed by atoms with E-state index in [0.717, 1.165) is 44.9 Å². The van der Waals surface area contributed by atoms with Crippen molar-refractivity contribution in [3.05, 3.63) is 11.6 Å². The lowest BCUT2D eigenvalue weighted by molar-refractivity contribution is -0.390. The number of halogens is 6. The molecule has 1 N–H and O–H groups in total. The second kappa shape index (κ2) is 11.0. The molecule has 1 heterocycles. The molecule has 1 unspecified atom stereocenters. The monoisotopic (exact) mass is 607 g/mol. The number of carbonyl (C=O) groups is 1. The summed E-state index contributed by atoms with van der Waals surface area (Å²) in [7, 11) is 0.443. The molecule has 1 aliphatic heterocycles. The highest BCUT2D eigenvalue weighted by Gasteiger charge is 2.75. The number of methoxy groups -OCH3 is 1. The molecular formula is C32H47F6NO3. The van der Waals surface area contributed by atoms with E-state index in [4.69, 9.17) is 0 Å². The minimum atomic E-state index is -5.64. The van der Waals surface area contributed by atoms with Crippen molar-refractivity contribution >= 4 is 5.91 Å². The van der Waals surface area contributed by atoms with Gasteiger partial charge >= 0.3 is 12.4 Å². The number of carbonyl (C=O) groups excluding carboxylic acids is 1. The van der Waals surface area contributed by atoms with Crippen LogP contribution in [-0.2, 0) is 9.53 Å². The lowest BCUT2D eigenvalue weighted by Gasteiger charge is -2.58. The molecule has 0 aromatic rings. The van der Waals surface area contributed by atoms with Crippen LogP contribution >= 0.6 is 0 Å². The maximum Gasteiger partial charge on any atom is 0.426 e. The van der Waals surface area contributed by atoms with Crippen LogP contribution < -0.4 is 0 Å². The van der Waals surface area contributed by atoms with Crippen LogP contribution in [0.2, 0.25) is 0 Å². The number of hydrogen-bond donors (Lipinski definition) is 1. The first-order valence-electron chi connectivity index (χ1n) is 15.8. The highest BCUT2D eigenvalue weighted by atomic mass is 19.4. The molecule has 4 fully saturated rings. The maximum atomic E-state index is 13.7. The molecule has 1 amide bonds. The largest absolute Gasteiger partial charge is 0.426 e. The van der Waals surface area contributed by atoms with Gasteiger partial charge in [0.1, 0.15) is 0 Å². The van der Waals surface area contributed by atoms with E-state index in [1.807, 2.05) is 0 Å². The van der Waals surface area contributed by atoms with E-state index < -0.39 is 36.8 Å². The summed E-state index contributed by atoms with van der Waals surface area (Å²) in [5, 5.41) is 10.3. The van der Waals surface area contributed by atoms with E-state index in [1.54, 1.807) is 0 Å². The van der Waals surface area contributed by atoms with Gasteiger partial charge in [-0.1, -0.05) is 32.4 Å². The Morgan fingerprint density at radius 2 is 1.74 bits per heavy atom. The molecule has 9 atom stereocenters. The van der Waals surface area contributed by atoms with Gasteiger partial charge in [-0.05, 0) is 105 Å². The third-order valence-electron chi connectivity index (χ3n) is 12.9. The summed E-state index contributed by atoms with van der Waals surface area (Å²) in [5.74, 6) is 0.258. The smallest absolute Gasteiger partial charge is 0.393 e. The molecule has 10 heteroatoms. The third kappa shape index (κ3) is 4.93. The number of likely N-dealkylation sites (tertiary alicyclic amines) is 1. The first kappa shape index (κ1) is 32.1. The van der Waals surface area contributed by atoms with Crippen molar-refractivity contribution in [2.24, 2.45) is 46.3 Å². The summed E-state index contributed by atoms with van der Waals surface area (Å²) in [6.07, 6.45) is -0.476. The van der Waals surface area contributed by atoms with Gasteiger partial charge in [-0.3, -0.25) is 4.79 Å². The second-order valence-electron chi connectivity index (χ2n) is 14.7. The van der Waals surface area contributed by atoms with Crippen LogP contribution in [0, 0.1) is 46.3 Å². The van der Waals surface area contributed by atoms with Crippen LogP contribution in [-0.4, -0.2) is 60.2 Å². The number of alkyl halides is 6. The van der Waals surface area contributed by atoms with Crippen molar-refractivity contribution in [1.82, 2.24) is 4.90 Å². The summed E-state index contributed by atoms with van der Waals surface area (Å²) < 4.78 is 86.4. The summed E-state index contributed by atoms with van der Waals surface area (Å²) in [4.78, 5) is 14.2. The Labute approximate surface area is 245 Å². The van der Waals surface area contributed by atoms with Crippen molar-refractivity contribution in [1.29, 1.82) is 0 Å². The highest BCUT2D eigenvalue weighted by Crippen LogP contribution is 2.67. The van der Waals surface area contributed by atoms with Gasteiger partial charge in [-0.25, -0.2) is 0 Å². The number of aliphatic hydroxyl groups is 1. The fraction of sp³-hybridized carbons (Fsp3) is 0.906. The molecule has 0 bridgehead atoms. The first-order valence-corrected chi connectivity index (χ1v) is 15.8. The molecule has 240 valence electrons. The molecular weight excluding hydrogens is 560 g/mol. The molecule has 5 rings (SSSR count). The lowest BCUT2D eigenvalue weighted by Crippen LogP contribution is -2.63. The summed E-state index contributed by atoms with van der Waals surface area (Å²) in [6, 6.07) is 0. The van der Waals surface area contributed by atoms with Crippen LogP contribution in [0.4, 0.5) is 26.3 Å². The Hall–Kier alpha value is -1.29. The van der Waals surface area contributed by atoms with E-state index >= 15 is 0 Å². The fourth-order valence-electron chi connectivity index (χ4n) is 10.7. The molecule has 42 heavy (non-hydrogen) atoms. The maximum absolute atomic E-state index is 13.7. The molecule has 0 aromatic heterocycles. The Bertz CT molecular complexity index is 1040. The lowest BCUT2D eigenvalue weighted by atomic mass is 9.47. The molecule has 4 aliphatic carbocycles. The molecule has 0 spiro atoms. The average molecular weight is 608 g/mol. The molecule has 0 radical (unpaired) electrons. The predicted octanol–water partition coefficient (Wildman–Crippen LogP) is 7.70. The van der Waals surface area contributed by atoms with Crippen molar-refractivity contribution < 1.29 is 41.0 Å². The number of nitrogens with zero attached hydrogens (tertiary/aromatic N) is 1. The molecule has 1 saturated heterocycles. The van der Waals surface area contributed by atoms with Crippen LogP contribution in [0.1, 0.15) is 91.4 Å². The molecule has 5 aliphatic rings. The van der Waals surface area contributed by atoms with Crippen molar-refractivity contribution in [3.63, 3.8) is 0 Å². The fourth-order valence-corrected chi connectivity index (χ4v) is 10.7. The Balaban J connectivity index is 1.21. The summed E-state index contributed by atoms with van der Waals surface area (Å²) in [6.45, 7) is 6.24. The van der Waals surface area contributed by atoms with Gasteiger partial charge in [0, 0.05) is 32.5 Å². The topological polar surface area (TPSA) is 49.8 Å². The van der Waals surface area contributed by atoms with E-state index in [-0.39, 0.29) is 41.7 Å². The van der Waals surface area contributed by atoms with Crippen LogP contribution in [0.15, 0.2) is 11.6 Å². The van der Waals surface area contributed by atoms with E-state index in [9.17, 15) is 36.2 Å². The van der Waals surface area contributed by atoms with Gasteiger partial charge in [0.05, 0.1) is 6.10 Å². The van der Waals surface area contributed by atoms with Gasteiger partial charge < -0.3 is 14.7 Å². The average Bonchev–Trinajstić information content (AvgIpc) is 3.51. The zero-order chi connectivity index (χ0) is 30.9. The molecule has 3 saturated carbocycles. The summed E-state index contributed by atoms with van der Waals surface area (Å²) in [5.41, 5.74) is -2.50. The molecule has 4 nitrogen and oxygen atoms in total. The highest BCUT2D eigenvalue weighted by molar-refractivity contribution is 5.76. The zero-order valence-electron chi connectivity index (χ0n) is 25.3. The quantitative estimate of drug-likeness (QED) is 0.249. The zero-order valence-corrected chi connectivity index (χ0v) is 25.3. The van der Waals surface area contributed by atoms with Crippen molar-refractivity contribution in [2.45, 2.75) is 115 Å². The van der Waals surface area contributed by atoms with Gasteiger partial charge in [-0.2, -0.15) is 26.3 Å². The van der Waals surface area contributed by atoms with E-state index in [1.165, 1.54) is 16.9 Å². The van der Waals surface area contributed by atoms with Gasteiger partial charge in [0.15, 0.2) is 0 Å². The van der Waals surface area contributed by atoms with Crippen LogP contribution in [0.25, 0.3) is 0 Å². The van der Waals surface area contributed by atoms with Crippen LogP contribution in [0.5, 0.6) is 0 Å². The normalized spacial score (nSPS) is 39.8. The first-order chi connectivity index (χ1) is 19.5. The minimum Gasteiger partial charge on any atom is -0.393 e. The number of rotatable bonds is 6. The summed E-state index contributed by atoms with van der Waals surface area (Å²) >= 11 is 0. The van der Waals surface area contributed by atoms with E-state index in [0.29, 0.717) is 37.2 Å². The SMILES string of the molecule is COC([C@@H]1CCN(C(=O)CCC(C)[C@H]2CC[C@H]3[C@@H]4CC=C5C[C@@H](O)CC[C@]5(C)[C@H]4CC[C@]23C)C1)(C(F)(F)F)C(F)(F)F. The van der Waals surface area contributed by atoms with Crippen molar-refractivity contribution in [3.8, 4) is 0 Å². The van der Waals surface area contributed by atoms with Gasteiger partial charge in [0.25, 0.3) is 5.60 Å². The standard InChI is InChI=1S/C32H47F6NO3/c1-19(5-10-27(41)39-16-13-21(18-39)30(42-4,31(33,34)35)32(36,37)38)24-8-9-25-23-7-6-20-17-22(40)11-14-28(20,2)26(23)12-15-29(24,25)3/h6,19,21-26,40H,5,7-18H2,1-4H3/t19?,21-,22+,23+,24-,25+,26+,28+,29-/m1/s1. The predicted molar refractivity (Wildman–Crippen MR) is 146 cm³/mol. The number of hydrogen-bond acceptors (Lipinski definition) is 3. The number of aliphatic hydroxyl groups excluding tert-OH is 1. The number of fused-ring (bicyclic) bond motifs is 5. The Morgan fingerprint density at radius 1 is 1.05 bits per heavy atom. The number of ether oxygens (including phenoxy) is 1. The second-order valence-corrected chi connectivity index (χ2v) is 14.7. The van der Waals surface area contributed by atoms with Gasteiger partial charge in [0.2, 0.25) is 5.91 Å². The minimum absolute atomic E-state index is 0.127. The van der Waals surface area contributed by atoms with Crippen LogP contribution in [0.3, 0.4) is 0 Å². The Morgan fingerprint density at radius 3 is 2.38 bits per heavy atom. The number of allylic oxidation sites excluding steroid dienone is 1. The van der Waals surface area contributed by atoms with Gasteiger partial charge in [-0.15, -0.1) is 0 Å². The molecule has 0 aromatic carbocycles. The van der Waals surface area contributed by atoms with Crippen molar-refractivity contribution in [2.75, 3.05) is 20.2 Å². The Kier molecular flexibility index (Phi) is 8.37. The third-order valence-corrected chi connectivity index (χ3v) is 12.9. The number of amides is 1.